The van der Waals surface area contributed by atoms with Gasteiger partial charge in [-0.05, 0) is 24.3 Å². The minimum Gasteiger partial charge on any atom is -0.755 e. The van der Waals surface area contributed by atoms with E-state index in [1.807, 2.05) is 0 Å². The molecular weight excluding hydrogens is 176 g/mol. The maximum atomic E-state index is 10.5. The molecule has 0 spiro atoms. The maximum absolute atomic E-state index is 10.5. The van der Waals surface area contributed by atoms with Crippen molar-refractivity contribution in [1.29, 1.82) is 0 Å². The SMILES string of the molecule is CN(c1ccc(N)cc1)S(=O)[O-]. The highest BCUT2D eigenvalue weighted by Gasteiger charge is 1.98. The number of nitrogens with zero attached hydrogens (tertiary/aromatic N) is 1. The lowest BCUT2D eigenvalue weighted by Gasteiger charge is -2.20. The Labute approximate surface area is 73.4 Å². The Morgan fingerprint density at radius 2 is 1.92 bits per heavy atom. The lowest BCUT2D eigenvalue weighted by Crippen LogP contribution is -2.19. The third-order valence-electron chi connectivity index (χ3n) is 1.48. The molecule has 0 saturated heterocycles. The van der Waals surface area contributed by atoms with Gasteiger partial charge in [-0.25, -0.2) is 0 Å². The van der Waals surface area contributed by atoms with Crippen molar-refractivity contribution in [2.45, 2.75) is 0 Å². The number of hydrogen-bond donors (Lipinski definition) is 1. The van der Waals surface area contributed by atoms with Crippen LogP contribution >= 0.6 is 0 Å². The zero-order valence-corrected chi connectivity index (χ0v) is 7.38. The molecule has 0 fully saturated rings. The predicted octanol–water partition coefficient (Wildman–Crippen LogP) is 0.499. The molecule has 0 aromatic heterocycles. The summed E-state index contributed by atoms with van der Waals surface area (Å²) in [4.78, 5) is 0. The van der Waals surface area contributed by atoms with Gasteiger partial charge >= 0.3 is 0 Å². The van der Waals surface area contributed by atoms with Gasteiger partial charge in [0, 0.05) is 29.7 Å². The molecule has 0 bridgehead atoms. The highest BCUT2D eigenvalue weighted by Crippen LogP contribution is 2.15. The van der Waals surface area contributed by atoms with Gasteiger partial charge in [0.2, 0.25) is 0 Å². The first kappa shape index (κ1) is 9.02. The van der Waals surface area contributed by atoms with Crippen LogP contribution in [0.2, 0.25) is 0 Å². The second-order valence-electron chi connectivity index (χ2n) is 2.31. The first-order valence-corrected chi connectivity index (χ1v) is 4.33. The van der Waals surface area contributed by atoms with Crippen LogP contribution in [0.15, 0.2) is 24.3 Å². The van der Waals surface area contributed by atoms with Gasteiger partial charge in [-0.3, -0.25) is 4.21 Å². The number of rotatable bonds is 2. The summed E-state index contributed by atoms with van der Waals surface area (Å²) in [5.74, 6) is 0. The summed E-state index contributed by atoms with van der Waals surface area (Å²) in [7, 11) is 1.47. The molecule has 0 radical (unpaired) electrons. The molecule has 0 heterocycles. The summed E-state index contributed by atoms with van der Waals surface area (Å²) in [6, 6.07) is 6.59. The topological polar surface area (TPSA) is 69.4 Å². The standard InChI is InChI=1S/C7H10N2O2S/c1-9(12(10)11)7-4-2-6(8)3-5-7/h2-5H,8H2,1H3,(H,10,11)/p-1. The Kier molecular flexibility index (Phi) is 2.67. The van der Waals surface area contributed by atoms with Gasteiger partial charge in [0.15, 0.2) is 0 Å². The third-order valence-corrected chi connectivity index (χ3v) is 2.14. The van der Waals surface area contributed by atoms with Gasteiger partial charge < -0.3 is 14.6 Å². The highest BCUT2D eigenvalue weighted by atomic mass is 32.2. The van der Waals surface area contributed by atoms with E-state index in [0.29, 0.717) is 11.4 Å². The van der Waals surface area contributed by atoms with Crippen LogP contribution in [0.5, 0.6) is 0 Å². The van der Waals surface area contributed by atoms with Crippen LogP contribution in [0.4, 0.5) is 11.4 Å². The summed E-state index contributed by atoms with van der Waals surface area (Å²) in [5.41, 5.74) is 6.64. The number of nitrogen functional groups attached to an aromatic ring is 1. The number of anilines is 2. The molecule has 1 aromatic carbocycles. The zero-order chi connectivity index (χ0) is 9.14. The molecule has 1 unspecified atom stereocenters. The fraction of sp³-hybridized carbons (Fsp3) is 0.143. The molecule has 1 aromatic rings. The Hall–Kier alpha value is -1.07. The molecule has 4 nitrogen and oxygen atoms in total. The minimum atomic E-state index is -2.23. The summed E-state index contributed by atoms with van der Waals surface area (Å²) in [6.07, 6.45) is 0. The molecule has 0 amide bonds. The van der Waals surface area contributed by atoms with E-state index in [1.54, 1.807) is 24.3 Å². The largest absolute Gasteiger partial charge is 0.755 e. The Bertz CT molecular complexity index is 286. The van der Waals surface area contributed by atoms with Crippen molar-refractivity contribution in [3.63, 3.8) is 0 Å². The average Bonchev–Trinajstić information content (AvgIpc) is 2.04. The van der Waals surface area contributed by atoms with Gasteiger partial charge in [-0.1, -0.05) is 0 Å². The molecule has 5 heteroatoms. The Morgan fingerprint density at radius 3 is 2.33 bits per heavy atom. The number of benzene rings is 1. The smallest absolute Gasteiger partial charge is 0.0480 e. The molecule has 1 rings (SSSR count). The Balaban J connectivity index is 2.89. The minimum absolute atomic E-state index is 0.595. The quantitative estimate of drug-likeness (QED) is 0.538. The van der Waals surface area contributed by atoms with Crippen LogP contribution in [0.3, 0.4) is 0 Å². The normalized spacial score (nSPS) is 12.5. The van der Waals surface area contributed by atoms with Gasteiger partial charge in [-0.15, -0.1) is 0 Å². The fourth-order valence-electron chi connectivity index (χ4n) is 0.770. The molecular formula is C7H9N2O2S-. The molecule has 0 aliphatic carbocycles. The maximum Gasteiger partial charge on any atom is 0.0480 e. The van der Waals surface area contributed by atoms with Gasteiger partial charge in [0.25, 0.3) is 0 Å². The van der Waals surface area contributed by atoms with E-state index in [-0.39, 0.29) is 0 Å². The predicted molar refractivity (Wildman–Crippen MR) is 48.2 cm³/mol. The summed E-state index contributed by atoms with van der Waals surface area (Å²) in [5, 5.41) is 0. The second kappa shape index (κ2) is 3.55. The average molecular weight is 185 g/mol. The third kappa shape index (κ3) is 1.96. The van der Waals surface area contributed by atoms with Crippen LogP contribution < -0.4 is 10.0 Å². The van der Waals surface area contributed by atoms with Crippen LogP contribution in [0.25, 0.3) is 0 Å². The van der Waals surface area contributed by atoms with Crippen molar-refractivity contribution in [3.05, 3.63) is 24.3 Å². The van der Waals surface area contributed by atoms with E-state index in [4.69, 9.17) is 5.73 Å². The monoisotopic (exact) mass is 185 g/mol. The second-order valence-corrected chi connectivity index (χ2v) is 3.29. The molecule has 0 saturated carbocycles. The van der Waals surface area contributed by atoms with Crippen LogP contribution in [-0.4, -0.2) is 15.8 Å². The first-order valence-electron chi connectivity index (χ1n) is 3.30. The number of nitrogens with two attached hydrogens (primary N) is 1. The van der Waals surface area contributed by atoms with E-state index >= 15 is 0 Å². The van der Waals surface area contributed by atoms with Crippen molar-refractivity contribution < 1.29 is 8.76 Å². The van der Waals surface area contributed by atoms with E-state index in [1.165, 1.54) is 7.05 Å². The van der Waals surface area contributed by atoms with E-state index in [2.05, 4.69) is 0 Å². The molecule has 0 aliphatic rings. The van der Waals surface area contributed by atoms with Crippen molar-refractivity contribution in [2.75, 3.05) is 17.1 Å². The van der Waals surface area contributed by atoms with Crippen LogP contribution in [0, 0.1) is 0 Å². The van der Waals surface area contributed by atoms with E-state index in [0.717, 1.165) is 4.31 Å². The van der Waals surface area contributed by atoms with Crippen molar-refractivity contribution >= 4 is 22.6 Å². The fourth-order valence-corrected chi connectivity index (χ4v) is 1.06. The highest BCUT2D eigenvalue weighted by molar-refractivity contribution is 7.80. The molecule has 66 valence electrons. The van der Waals surface area contributed by atoms with Gasteiger partial charge in [0.1, 0.15) is 0 Å². The zero-order valence-electron chi connectivity index (χ0n) is 6.56. The summed E-state index contributed by atoms with van der Waals surface area (Å²) >= 11 is -2.23. The van der Waals surface area contributed by atoms with Crippen molar-refractivity contribution in [3.8, 4) is 0 Å². The molecule has 2 N–H and O–H groups in total. The summed E-state index contributed by atoms with van der Waals surface area (Å²) < 4.78 is 22.1. The molecule has 12 heavy (non-hydrogen) atoms. The lowest BCUT2D eigenvalue weighted by atomic mass is 10.3. The lowest BCUT2D eigenvalue weighted by molar-refractivity contribution is 0.535. The first-order chi connectivity index (χ1) is 5.61. The van der Waals surface area contributed by atoms with E-state index < -0.39 is 11.3 Å². The molecule has 0 aliphatic heterocycles. The van der Waals surface area contributed by atoms with Gasteiger partial charge in [0.05, 0.1) is 0 Å². The van der Waals surface area contributed by atoms with E-state index in [9.17, 15) is 8.76 Å². The van der Waals surface area contributed by atoms with Crippen molar-refractivity contribution in [2.24, 2.45) is 0 Å². The molecule has 1 atom stereocenters. The van der Waals surface area contributed by atoms with Crippen molar-refractivity contribution in [1.82, 2.24) is 0 Å². The summed E-state index contributed by atoms with van der Waals surface area (Å²) in [6.45, 7) is 0. The van der Waals surface area contributed by atoms with Gasteiger partial charge in [-0.2, -0.15) is 0 Å². The van der Waals surface area contributed by atoms with Crippen LogP contribution in [0.1, 0.15) is 0 Å². The Morgan fingerprint density at radius 1 is 1.42 bits per heavy atom. The van der Waals surface area contributed by atoms with Crippen LogP contribution in [-0.2, 0) is 11.3 Å². The number of hydrogen-bond acceptors (Lipinski definition) is 3.